The lowest BCUT2D eigenvalue weighted by Gasteiger charge is -2.07. The highest BCUT2D eigenvalue weighted by Gasteiger charge is 2.07. The van der Waals surface area contributed by atoms with Gasteiger partial charge in [0.15, 0.2) is 0 Å². The first-order chi connectivity index (χ1) is 9.93. The SMILES string of the molecule is COCCCCOC(=O)NCc1ccc(S(N)(=O)=O)cc1. The summed E-state index contributed by atoms with van der Waals surface area (Å²) in [7, 11) is -2.07. The number of ether oxygens (including phenoxy) is 2. The highest BCUT2D eigenvalue weighted by Crippen LogP contribution is 2.08. The van der Waals surface area contributed by atoms with E-state index in [1.807, 2.05) is 0 Å². The standard InChI is InChI=1S/C13H20N2O5S/c1-19-8-2-3-9-20-13(16)15-10-11-4-6-12(7-5-11)21(14,17)18/h4-7H,2-3,8-10H2,1H3,(H,15,16)(H2,14,17,18). The molecule has 1 aromatic rings. The molecule has 0 aromatic heterocycles. The molecule has 0 radical (unpaired) electrons. The highest BCUT2D eigenvalue weighted by molar-refractivity contribution is 7.89. The molecule has 0 spiro atoms. The van der Waals surface area contributed by atoms with Crippen LogP contribution >= 0.6 is 0 Å². The van der Waals surface area contributed by atoms with Crippen molar-refractivity contribution in [3.63, 3.8) is 0 Å². The fraction of sp³-hybridized carbons (Fsp3) is 0.462. The quantitative estimate of drug-likeness (QED) is 0.695. The monoisotopic (exact) mass is 316 g/mol. The van der Waals surface area contributed by atoms with Crippen molar-refractivity contribution in [2.24, 2.45) is 5.14 Å². The molecule has 0 aliphatic heterocycles. The van der Waals surface area contributed by atoms with Crippen molar-refractivity contribution in [1.29, 1.82) is 0 Å². The zero-order chi connectivity index (χ0) is 15.7. The molecular weight excluding hydrogens is 296 g/mol. The predicted molar refractivity (Wildman–Crippen MR) is 77.1 cm³/mol. The molecule has 1 amide bonds. The van der Waals surface area contributed by atoms with E-state index in [2.05, 4.69) is 5.32 Å². The number of benzene rings is 1. The number of hydrogen-bond donors (Lipinski definition) is 2. The van der Waals surface area contributed by atoms with Crippen LogP contribution in [0, 0.1) is 0 Å². The number of alkyl carbamates (subject to hydrolysis) is 1. The second-order valence-electron chi connectivity index (χ2n) is 4.38. The lowest BCUT2D eigenvalue weighted by atomic mass is 10.2. The lowest BCUT2D eigenvalue weighted by Crippen LogP contribution is -2.24. The molecule has 3 N–H and O–H groups in total. The van der Waals surface area contributed by atoms with Gasteiger partial charge in [0.25, 0.3) is 0 Å². The number of carbonyl (C=O) groups excluding carboxylic acids is 1. The van der Waals surface area contributed by atoms with E-state index in [0.29, 0.717) is 13.2 Å². The number of nitrogens with one attached hydrogen (secondary N) is 1. The Morgan fingerprint density at radius 1 is 1.19 bits per heavy atom. The van der Waals surface area contributed by atoms with Gasteiger partial charge < -0.3 is 14.8 Å². The largest absolute Gasteiger partial charge is 0.450 e. The van der Waals surface area contributed by atoms with Gasteiger partial charge in [0, 0.05) is 20.3 Å². The van der Waals surface area contributed by atoms with E-state index in [-0.39, 0.29) is 11.4 Å². The lowest BCUT2D eigenvalue weighted by molar-refractivity contribution is 0.135. The number of amides is 1. The Morgan fingerprint density at radius 2 is 1.81 bits per heavy atom. The Bertz CT molecular complexity index is 542. The molecule has 1 aromatic carbocycles. The number of nitrogens with two attached hydrogens (primary N) is 1. The van der Waals surface area contributed by atoms with E-state index in [1.165, 1.54) is 12.1 Å². The second kappa shape index (κ2) is 8.60. The summed E-state index contributed by atoms with van der Waals surface area (Å²) < 4.78 is 32.0. The maximum absolute atomic E-state index is 11.4. The first kappa shape index (κ1) is 17.4. The van der Waals surface area contributed by atoms with Crippen molar-refractivity contribution in [1.82, 2.24) is 5.32 Å². The topological polar surface area (TPSA) is 108 Å². The zero-order valence-electron chi connectivity index (χ0n) is 11.9. The smallest absolute Gasteiger partial charge is 0.407 e. The van der Waals surface area contributed by atoms with E-state index in [1.54, 1.807) is 19.2 Å². The molecule has 0 atom stereocenters. The van der Waals surface area contributed by atoms with Crippen LogP contribution in [-0.2, 0) is 26.0 Å². The molecule has 0 saturated carbocycles. The third-order valence-corrected chi connectivity index (χ3v) is 3.59. The molecule has 0 aliphatic rings. The van der Waals surface area contributed by atoms with Crippen molar-refractivity contribution in [3.8, 4) is 0 Å². The first-order valence-corrected chi connectivity index (χ1v) is 7.99. The number of methoxy groups -OCH3 is 1. The van der Waals surface area contributed by atoms with Crippen LogP contribution in [0.4, 0.5) is 4.79 Å². The molecular formula is C13H20N2O5S. The van der Waals surface area contributed by atoms with Crippen LogP contribution in [0.25, 0.3) is 0 Å². The maximum Gasteiger partial charge on any atom is 0.407 e. The van der Waals surface area contributed by atoms with E-state index >= 15 is 0 Å². The molecule has 1 rings (SSSR count). The van der Waals surface area contributed by atoms with Gasteiger partial charge in [-0.1, -0.05) is 12.1 Å². The molecule has 0 bridgehead atoms. The third kappa shape index (κ3) is 7.07. The second-order valence-corrected chi connectivity index (χ2v) is 5.94. The van der Waals surface area contributed by atoms with Crippen LogP contribution < -0.4 is 10.5 Å². The van der Waals surface area contributed by atoms with E-state index in [0.717, 1.165) is 18.4 Å². The Labute approximate surface area is 124 Å². The predicted octanol–water partition coefficient (Wildman–Crippen LogP) is 0.987. The van der Waals surface area contributed by atoms with Crippen LogP contribution in [-0.4, -0.2) is 34.8 Å². The van der Waals surface area contributed by atoms with Gasteiger partial charge >= 0.3 is 6.09 Å². The maximum atomic E-state index is 11.4. The Hall–Kier alpha value is -1.64. The van der Waals surface area contributed by atoms with Gasteiger partial charge in [-0.2, -0.15) is 0 Å². The summed E-state index contributed by atoms with van der Waals surface area (Å²) in [5.41, 5.74) is 0.749. The first-order valence-electron chi connectivity index (χ1n) is 6.45. The Balaban J connectivity index is 2.30. The van der Waals surface area contributed by atoms with Crippen LogP contribution in [0.15, 0.2) is 29.2 Å². The summed E-state index contributed by atoms with van der Waals surface area (Å²) in [6.07, 6.45) is 1.06. The van der Waals surface area contributed by atoms with Gasteiger partial charge in [0.2, 0.25) is 10.0 Å². The normalized spacial score (nSPS) is 11.1. The fourth-order valence-electron chi connectivity index (χ4n) is 1.54. The number of rotatable bonds is 8. The van der Waals surface area contributed by atoms with E-state index in [4.69, 9.17) is 14.6 Å². The highest BCUT2D eigenvalue weighted by atomic mass is 32.2. The number of hydrogen-bond acceptors (Lipinski definition) is 5. The van der Waals surface area contributed by atoms with Gasteiger partial charge in [-0.25, -0.2) is 18.4 Å². The summed E-state index contributed by atoms with van der Waals surface area (Å²) >= 11 is 0. The van der Waals surface area contributed by atoms with Crippen LogP contribution in [0.1, 0.15) is 18.4 Å². The number of sulfonamides is 1. The zero-order valence-corrected chi connectivity index (χ0v) is 12.7. The van der Waals surface area contributed by atoms with Crippen molar-refractivity contribution in [2.75, 3.05) is 20.3 Å². The Morgan fingerprint density at radius 3 is 2.38 bits per heavy atom. The van der Waals surface area contributed by atoms with Gasteiger partial charge in [-0.05, 0) is 30.5 Å². The van der Waals surface area contributed by atoms with Gasteiger partial charge in [-0.15, -0.1) is 0 Å². The summed E-state index contributed by atoms with van der Waals surface area (Å²) in [6, 6.07) is 5.95. The van der Waals surface area contributed by atoms with E-state index < -0.39 is 16.1 Å². The molecule has 8 heteroatoms. The van der Waals surface area contributed by atoms with Crippen LogP contribution in [0.3, 0.4) is 0 Å². The van der Waals surface area contributed by atoms with Crippen molar-refractivity contribution < 1.29 is 22.7 Å². The summed E-state index contributed by atoms with van der Waals surface area (Å²) in [6.45, 7) is 1.22. The van der Waals surface area contributed by atoms with Crippen molar-refractivity contribution in [2.45, 2.75) is 24.3 Å². The molecule has 7 nitrogen and oxygen atoms in total. The average Bonchev–Trinajstić information content (AvgIpc) is 2.44. The number of carbonyl (C=O) groups is 1. The molecule has 0 saturated heterocycles. The summed E-state index contributed by atoms with van der Waals surface area (Å²) in [5.74, 6) is 0. The van der Waals surface area contributed by atoms with E-state index in [9.17, 15) is 13.2 Å². The summed E-state index contributed by atoms with van der Waals surface area (Å²) in [4.78, 5) is 11.4. The number of unbranched alkanes of at least 4 members (excludes halogenated alkanes) is 1. The minimum atomic E-state index is -3.69. The molecule has 0 aliphatic carbocycles. The minimum Gasteiger partial charge on any atom is -0.450 e. The van der Waals surface area contributed by atoms with Gasteiger partial charge in [0.05, 0.1) is 11.5 Å². The van der Waals surface area contributed by atoms with Crippen LogP contribution in [0.5, 0.6) is 0 Å². The van der Waals surface area contributed by atoms with Crippen LogP contribution in [0.2, 0.25) is 0 Å². The molecule has 0 unspecified atom stereocenters. The molecule has 0 heterocycles. The van der Waals surface area contributed by atoms with Gasteiger partial charge in [-0.3, -0.25) is 0 Å². The van der Waals surface area contributed by atoms with Gasteiger partial charge in [0.1, 0.15) is 0 Å². The summed E-state index contributed by atoms with van der Waals surface area (Å²) in [5, 5.41) is 7.57. The minimum absolute atomic E-state index is 0.0342. The third-order valence-electron chi connectivity index (χ3n) is 2.66. The average molecular weight is 316 g/mol. The number of primary sulfonamides is 1. The fourth-order valence-corrected chi connectivity index (χ4v) is 2.05. The van der Waals surface area contributed by atoms with Crippen molar-refractivity contribution in [3.05, 3.63) is 29.8 Å². The molecule has 118 valence electrons. The Kier molecular flexibility index (Phi) is 7.13. The van der Waals surface area contributed by atoms with Crippen molar-refractivity contribution >= 4 is 16.1 Å². The molecule has 0 fully saturated rings. The molecule has 21 heavy (non-hydrogen) atoms.